The smallest absolute Gasteiger partial charge is 0.341 e. The maximum Gasteiger partial charge on any atom is 0.341 e. The number of hydrogen-bond acceptors (Lipinski definition) is 5. The third-order valence-electron chi connectivity index (χ3n) is 6.16. The van der Waals surface area contributed by atoms with Crippen LogP contribution < -0.4 is 4.74 Å². The molecule has 0 radical (unpaired) electrons. The highest BCUT2D eigenvalue weighted by Gasteiger charge is 2.47. The molecule has 0 fully saturated rings. The lowest BCUT2D eigenvalue weighted by atomic mass is 9.65. The van der Waals surface area contributed by atoms with E-state index in [0.717, 1.165) is 5.56 Å². The van der Waals surface area contributed by atoms with Crippen molar-refractivity contribution in [2.45, 2.75) is 59.3 Å². The Morgan fingerprint density at radius 1 is 0.935 bits per heavy atom. The van der Waals surface area contributed by atoms with E-state index in [1.807, 2.05) is 12.1 Å². The van der Waals surface area contributed by atoms with Gasteiger partial charge in [0.2, 0.25) is 0 Å². The molecule has 2 aliphatic carbocycles. The van der Waals surface area contributed by atoms with Crippen molar-refractivity contribution in [1.29, 1.82) is 0 Å². The van der Waals surface area contributed by atoms with Crippen LogP contribution in [0, 0.1) is 10.8 Å². The van der Waals surface area contributed by atoms with Gasteiger partial charge in [0, 0.05) is 42.7 Å². The van der Waals surface area contributed by atoms with Gasteiger partial charge in [0.05, 0.1) is 0 Å². The Kier molecular flexibility index (Phi) is 5.07. The van der Waals surface area contributed by atoms with Crippen LogP contribution in [-0.2, 0) is 19.1 Å². The van der Waals surface area contributed by atoms with Gasteiger partial charge in [0.1, 0.15) is 17.3 Å². The van der Waals surface area contributed by atoms with Crippen LogP contribution in [-0.4, -0.2) is 29.2 Å². The lowest BCUT2D eigenvalue weighted by Crippen LogP contribution is -2.37. The first-order chi connectivity index (χ1) is 14.5. The number of carbonyl (C=O) groups excluding carboxylic acids is 2. The molecule has 0 atom stereocenters. The minimum Gasteiger partial charge on any atom is -0.482 e. The number of Topliss-reactive ketones (excluding diaryl/α,β-unsaturated/α-hetero) is 2. The molecular formula is C25H28O6. The van der Waals surface area contributed by atoms with Crippen molar-refractivity contribution < 1.29 is 29.0 Å². The first kappa shape index (κ1) is 21.3. The predicted octanol–water partition coefficient (Wildman–Crippen LogP) is 4.55. The molecular weight excluding hydrogens is 396 g/mol. The van der Waals surface area contributed by atoms with Gasteiger partial charge in [-0.25, -0.2) is 4.79 Å². The summed E-state index contributed by atoms with van der Waals surface area (Å²) in [6.07, 6.45) is 2.12. The van der Waals surface area contributed by atoms with Crippen molar-refractivity contribution in [1.82, 2.24) is 0 Å². The number of ether oxygens (including phenoxy) is 2. The SMILES string of the molecule is CC1(C)CC(=O)C2=C(C1)OC1=C(C(=O)CC(C)(C)C1)C2c1ccc(OCC(=O)O)cc1. The normalized spacial score (nSPS) is 22.6. The second-order valence-electron chi connectivity index (χ2n) is 10.3. The van der Waals surface area contributed by atoms with Crippen LogP contribution in [0.3, 0.4) is 0 Å². The van der Waals surface area contributed by atoms with Gasteiger partial charge in [-0.2, -0.15) is 0 Å². The van der Waals surface area contributed by atoms with Gasteiger partial charge in [0.15, 0.2) is 18.2 Å². The lowest BCUT2D eigenvalue weighted by molar-refractivity contribution is -0.139. The average Bonchev–Trinajstić information content (AvgIpc) is 2.63. The third-order valence-corrected chi connectivity index (χ3v) is 6.16. The molecule has 0 amide bonds. The molecule has 0 saturated heterocycles. The number of carboxylic acid groups (broad SMARTS) is 1. The summed E-state index contributed by atoms with van der Waals surface area (Å²) in [5.74, 6) is 0.318. The highest BCUT2D eigenvalue weighted by atomic mass is 16.5. The molecule has 6 heteroatoms. The molecule has 0 bridgehead atoms. The summed E-state index contributed by atoms with van der Waals surface area (Å²) in [6.45, 7) is 7.80. The summed E-state index contributed by atoms with van der Waals surface area (Å²) >= 11 is 0. The third kappa shape index (κ3) is 4.16. The summed E-state index contributed by atoms with van der Waals surface area (Å²) in [4.78, 5) is 37.2. The predicted molar refractivity (Wildman–Crippen MR) is 113 cm³/mol. The Morgan fingerprint density at radius 2 is 1.42 bits per heavy atom. The fourth-order valence-electron chi connectivity index (χ4n) is 4.91. The molecule has 1 aromatic carbocycles. The van der Waals surface area contributed by atoms with Gasteiger partial charge in [0.25, 0.3) is 0 Å². The van der Waals surface area contributed by atoms with Gasteiger partial charge in [-0.05, 0) is 28.5 Å². The molecule has 3 aliphatic rings. The Balaban J connectivity index is 1.79. The van der Waals surface area contributed by atoms with Crippen molar-refractivity contribution >= 4 is 17.5 Å². The zero-order chi connectivity index (χ0) is 22.6. The highest BCUT2D eigenvalue weighted by Crippen LogP contribution is 2.53. The van der Waals surface area contributed by atoms with Gasteiger partial charge >= 0.3 is 5.97 Å². The molecule has 0 aromatic heterocycles. The molecule has 31 heavy (non-hydrogen) atoms. The first-order valence-electron chi connectivity index (χ1n) is 10.6. The molecule has 164 valence electrons. The summed E-state index contributed by atoms with van der Waals surface area (Å²) in [5, 5.41) is 8.81. The van der Waals surface area contributed by atoms with Gasteiger partial charge < -0.3 is 14.6 Å². The molecule has 1 heterocycles. The largest absolute Gasteiger partial charge is 0.482 e. The number of aliphatic carboxylic acids is 1. The molecule has 1 N–H and O–H groups in total. The monoisotopic (exact) mass is 424 g/mol. The van der Waals surface area contributed by atoms with E-state index in [-0.39, 0.29) is 22.4 Å². The second kappa shape index (κ2) is 7.36. The quantitative estimate of drug-likeness (QED) is 0.763. The van der Waals surface area contributed by atoms with Gasteiger partial charge in [-0.15, -0.1) is 0 Å². The van der Waals surface area contributed by atoms with Crippen molar-refractivity contribution in [2.24, 2.45) is 10.8 Å². The number of hydrogen-bond donors (Lipinski definition) is 1. The van der Waals surface area contributed by atoms with Gasteiger partial charge in [-0.3, -0.25) is 9.59 Å². The van der Waals surface area contributed by atoms with Crippen LogP contribution in [0.15, 0.2) is 46.9 Å². The minimum absolute atomic E-state index is 0.0200. The second-order valence-corrected chi connectivity index (χ2v) is 10.3. The molecule has 1 aromatic rings. The van der Waals surface area contributed by atoms with E-state index in [1.54, 1.807) is 12.1 Å². The molecule has 0 spiro atoms. The number of ketones is 2. The van der Waals surface area contributed by atoms with E-state index in [0.29, 0.717) is 54.1 Å². The maximum atomic E-state index is 13.2. The molecule has 6 nitrogen and oxygen atoms in total. The Bertz CT molecular complexity index is 971. The van der Waals surface area contributed by atoms with E-state index in [1.165, 1.54) is 0 Å². The number of rotatable bonds is 4. The first-order valence-corrected chi connectivity index (χ1v) is 10.6. The van der Waals surface area contributed by atoms with E-state index in [4.69, 9.17) is 14.6 Å². The van der Waals surface area contributed by atoms with Crippen molar-refractivity contribution in [3.8, 4) is 5.75 Å². The van der Waals surface area contributed by atoms with E-state index in [9.17, 15) is 14.4 Å². The van der Waals surface area contributed by atoms with E-state index >= 15 is 0 Å². The molecule has 0 saturated carbocycles. The lowest BCUT2D eigenvalue weighted by Gasteiger charge is -2.42. The Labute approximate surface area is 181 Å². The summed E-state index contributed by atoms with van der Waals surface area (Å²) < 4.78 is 11.5. The number of allylic oxidation sites excluding steroid dienone is 4. The molecule has 0 unspecified atom stereocenters. The van der Waals surface area contributed by atoms with Crippen LogP contribution in [0.2, 0.25) is 0 Å². The fourth-order valence-corrected chi connectivity index (χ4v) is 4.91. The number of carbonyl (C=O) groups is 3. The van der Waals surface area contributed by atoms with Gasteiger partial charge in [-0.1, -0.05) is 39.8 Å². The van der Waals surface area contributed by atoms with E-state index < -0.39 is 18.5 Å². The van der Waals surface area contributed by atoms with Crippen LogP contribution in [0.25, 0.3) is 0 Å². The zero-order valence-electron chi connectivity index (χ0n) is 18.4. The van der Waals surface area contributed by atoms with Crippen LogP contribution in [0.5, 0.6) is 5.75 Å². The van der Waals surface area contributed by atoms with Crippen LogP contribution in [0.4, 0.5) is 0 Å². The number of benzene rings is 1. The van der Waals surface area contributed by atoms with Crippen molar-refractivity contribution in [3.05, 3.63) is 52.5 Å². The zero-order valence-corrected chi connectivity index (χ0v) is 18.4. The minimum atomic E-state index is -1.05. The van der Waals surface area contributed by atoms with E-state index in [2.05, 4.69) is 27.7 Å². The average molecular weight is 424 g/mol. The topological polar surface area (TPSA) is 89.9 Å². The standard InChI is InChI=1S/C25H28O6/c1-24(2)9-16(26)22-18(11-24)31-19-12-25(3,4)10-17(27)23(19)21(22)14-5-7-15(8-6-14)30-13-20(28)29/h5-8,21H,9-13H2,1-4H3,(H,28,29). The molecule has 1 aliphatic heterocycles. The van der Waals surface area contributed by atoms with Crippen molar-refractivity contribution in [2.75, 3.05) is 6.61 Å². The van der Waals surface area contributed by atoms with Crippen LogP contribution in [0.1, 0.15) is 64.9 Å². The highest BCUT2D eigenvalue weighted by molar-refractivity contribution is 6.06. The van der Waals surface area contributed by atoms with Crippen molar-refractivity contribution in [3.63, 3.8) is 0 Å². The summed E-state index contributed by atoms with van der Waals surface area (Å²) in [7, 11) is 0. The summed E-state index contributed by atoms with van der Waals surface area (Å²) in [6, 6.07) is 6.98. The Hall–Kier alpha value is -2.89. The summed E-state index contributed by atoms with van der Waals surface area (Å²) in [5.41, 5.74) is 1.60. The molecule has 4 rings (SSSR count). The Morgan fingerprint density at radius 3 is 1.87 bits per heavy atom. The fraction of sp³-hybridized carbons (Fsp3) is 0.480. The van der Waals surface area contributed by atoms with Crippen LogP contribution >= 0.6 is 0 Å². The maximum absolute atomic E-state index is 13.2. The number of carboxylic acids is 1.